The van der Waals surface area contributed by atoms with Gasteiger partial charge in [-0.2, -0.15) is 4.31 Å². The van der Waals surface area contributed by atoms with E-state index < -0.39 is 10.0 Å². The van der Waals surface area contributed by atoms with Crippen molar-refractivity contribution in [3.05, 3.63) is 24.3 Å². The number of nitrogens with zero attached hydrogens (tertiary/aromatic N) is 1. The van der Waals surface area contributed by atoms with Gasteiger partial charge in [0.05, 0.1) is 5.69 Å². The van der Waals surface area contributed by atoms with Gasteiger partial charge in [-0.1, -0.05) is 26.0 Å². The van der Waals surface area contributed by atoms with Crippen LogP contribution in [0.5, 0.6) is 0 Å². The van der Waals surface area contributed by atoms with E-state index in [0.717, 1.165) is 6.42 Å². The maximum absolute atomic E-state index is 12.2. The summed E-state index contributed by atoms with van der Waals surface area (Å²) in [6, 6.07) is 6.56. The molecule has 0 spiro atoms. The van der Waals surface area contributed by atoms with Crippen molar-refractivity contribution in [3.8, 4) is 0 Å². The molecule has 2 N–H and O–H groups in total. The van der Waals surface area contributed by atoms with E-state index in [-0.39, 0.29) is 4.90 Å². The molecule has 0 aliphatic carbocycles. The molecule has 0 radical (unpaired) electrons. The summed E-state index contributed by atoms with van der Waals surface area (Å²) in [4.78, 5) is 0.199. The number of sulfonamides is 1. The van der Waals surface area contributed by atoms with Crippen LogP contribution >= 0.6 is 0 Å². The zero-order chi connectivity index (χ0) is 12.2. The van der Waals surface area contributed by atoms with Crippen LogP contribution in [-0.4, -0.2) is 25.8 Å². The number of hydrogen-bond donors (Lipinski definition) is 1. The molecule has 0 aromatic heterocycles. The Morgan fingerprint density at radius 1 is 1.25 bits per heavy atom. The third kappa shape index (κ3) is 2.54. The van der Waals surface area contributed by atoms with Gasteiger partial charge in [0.1, 0.15) is 4.90 Å². The second kappa shape index (κ2) is 5.32. The summed E-state index contributed by atoms with van der Waals surface area (Å²) in [5.41, 5.74) is 5.99. The fraction of sp³-hybridized carbons (Fsp3) is 0.455. The minimum atomic E-state index is -3.44. The van der Waals surface area contributed by atoms with E-state index in [1.165, 1.54) is 4.31 Å². The van der Waals surface area contributed by atoms with Gasteiger partial charge >= 0.3 is 0 Å². The van der Waals surface area contributed by atoms with Crippen LogP contribution in [0.2, 0.25) is 0 Å². The lowest BCUT2D eigenvalue weighted by Gasteiger charge is -2.20. The standard InChI is InChI=1S/C11H18N2O2S/c1-3-9-13(4-2)16(14,15)11-8-6-5-7-10(11)12/h5-8H,3-4,9,12H2,1-2H3. The van der Waals surface area contributed by atoms with Crippen molar-refractivity contribution in [1.29, 1.82) is 0 Å². The highest BCUT2D eigenvalue weighted by Crippen LogP contribution is 2.21. The molecular formula is C11H18N2O2S. The zero-order valence-electron chi connectivity index (χ0n) is 9.68. The van der Waals surface area contributed by atoms with Gasteiger partial charge in [-0.15, -0.1) is 0 Å². The molecule has 90 valence electrons. The number of anilines is 1. The highest BCUT2D eigenvalue weighted by atomic mass is 32.2. The molecule has 1 rings (SSSR count). The van der Waals surface area contributed by atoms with Crippen LogP contribution in [0, 0.1) is 0 Å². The molecule has 0 bridgehead atoms. The maximum atomic E-state index is 12.2. The fourth-order valence-corrected chi connectivity index (χ4v) is 3.21. The number of para-hydroxylation sites is 1. The molecule has 0 heterocycles. The second-order valence-corrected chi connectivity index (χ2v) is 5.44. The van der Waals surface area contributed by atoms with Crippen molar-refractivity contribution >= 4 is 15.7 Å². The molecule has 0 unspecified atom stereocenters. The Balaban J connectivity index is 3.15. The molecule has 0 aliphatic rings. The van der Waals surface area contributed by atoms with Crippen molar-refractivity contribution in [1.82, 2.24) is 4.31 Å². The van der Waals surface area contributed by atoms with Gasteiger partial charge in [0.2, 0.25) is 10.0 Å². The van der Waals surface area contributed by atoms with Crippen LogP contribution in [0.25, 0.3) is 0 Å². The normalized spacial score (nSPS) is 11.9. The van der Waals surface area contributed by atoms with Crippen LogP contribution < -0.4 is 5.73 Å². The second-order valence-electron chi connectivity index (χ2n) is 3.53. The lowest BCUT2D eigenvalue weighted by atomic mass is 10.3. The van der Waals surface area contributed by atoms with Crippen LogP contribution in [0.4, 0.5) is 5.69 Å². The molecule has 0 saturated heterocycles. The Kier molecular flexibility index (Phi) is 4.32. The van der Waals surface area contributed by atoms with Crippen molar-refractivity contribution in [2.45, 2.75) is 25.2 Å². The predicted octanol–water partition coefficient (Wildman–Crippen LogP) is 1.69. The fourth-order valence-electron chi connectivity index (χ4n) is 1.55. The first-order chi connectivity index (χ1) is 7.54. The Labute approximate surface area is 97.1 Å². The van der Waals surface area contributed by atoms with Gasteiger partial charge in [0, 0.05) is 13.1 Å². The summed E-state index contributed by atoms with van der Waals surface area (Å²) in [7, 11) is -3.44. The molecule has 5 heteroatoms. The zero-order valence-corrected chi connectivity index (χ0v) is 10.5. The average molecular weight is 242 g/mol. The molecule has 4 nitrogen and oxygen atoms in total. The molecule has 0 aliphatic heterocycles. The lowest BCUT2D eigenvalue weighted by Crippen LogP contribution is -2.32. The molecule has 0 saturated carbocycles. The van der Waals surface area contributed by atoms with E-state index in [0.29, 0.717) is 18.8 Å². The molecule has 0 atom stereocenters. The predicted molar refractivity (Wildman–Crippen MR) is 65.6 cm³/mol. The van der Waals surface area contributed by atoms with E-state index >= 15 is 0 Å². The molecule has 1 aromatic carbocycles. The Morgan fingerprint density at radius 3 is 2.38 bits per heavy atom. The lowest BCUT2D eigenvalue weighted by molar-refractivity contribution is 0.427. The van der Waals surface area contributed by atoms with E-state index in [1.807, 2.05) is 13.8 Å². The van der Waals surface area contributed by atoms with Crippen molar-refractivity contribution < 1.29 is 8.42 Å². The first kappa shape index (κ1) is 13.0. The summed E-state index contributed by atoms with van der Waals surface area (Å²) in [6.45, 7) is 4.76. The Bertz CT molecular complexity index is 443. The van der Waals surface area contributed by atoms with Crippen molar-refractivity contribution in [3.63, 3.8) is 0 Å². The minimum Gasteiger partial charge on any atom is -0.398 e. The third-order valence-electron chi connectivity index (χ3n) is 2.36. The monoisotopic (exact) mass is 242 g/mol. The minimum absolute atomic E-state index is 0.199. The van der Waals surface area contributed by atoms with E-state index in [1.54, 1.807) is 24.3 Å². The number of hydrogen-bond acceptors (Lipinski definition) is 3. The SMILES string of the molecule is CCCN(CC)S(=O)(=O)c1ccccc1N. The van der Waals surface area contributed by atoms with Crippen LogP contribution in [-0.2, 0) is 10.0 Å². The quantitative estimate of drug-likeness (QED) is 0.799. The Hall–Kier alpha value is -1.07. The van der Waals surface area contributed by atoms with Crippen molar-refractivity contribution in [2.75, 3.05) is 18.8 Å². The highest BCUT2D eigenvalue weighted by Gasteiger charge is 2.23. The number of nitrogen functional groups attached to an aromatic ring is 1. The van der Waals surface area contributed by atoms with Crippen LogP contribution in [0.1, 0.15) is 20.3 Å². The smallest absolute Gasteiger partial charge is 0.245 e. The molecule has 0 fully saturated rings. The van der Waals surface area contributed by atoms with Gasteiger partial charge in [-0.25, -0.2) is 8.42 Å². The van der Waals surface area contributed by atoms with Crippen molar-refractivity contribution in [2.24, 2.45) is 0 Å². The van der Waals surface area contributed by atoms with Gasteiger partial charge in [0.15, 0.2) is 0 Å². The van der Waals surface area contributed by atoms with E-state index in [9.17, 15) is 8.42 Å². The third-order valence-corrected chi connectivity index (χ3v) is 4.41. The summed E-state index contributed by atoms with van der Waals surface area (Å²) in [6.07, 6.45) is 0.791. The number of nitrogens with two attached hydrogens (primary N) is 1. The average Bonchev–Trinajstić information content (AvgIpc) is 2.26. The summed E-state index contributed by atoms with van der Waals surface area (Å²) >= 11 is 0. The summed E-state index contributed by atoms with van der Waals surface area (Å²) in [5.74, 6) is 0. The van der Waals surface area contributed by atoms with Gasteiger partial charge in [-0.3, -0.25) is 0 Å². The number of rotatable bonds is 5. The molecule has 1 aromatic rings. The van der Waals surface area contributed by atoms with Gasteiger partial charge < -0.3 is 5.73 Å². The summed E-state index contributed by atoms with van der Waals surface area (Å²) in [5, 5.41) is 0. The first-order valence-corrected chi connectivity index (χ1v) is 6.82. The molecule has 0 amide bonds. The van der Waals surface area contributed by atoms with Crippen LogP contribution in [0.15, 0.2) is 29.2 Å². The molecular weight excluding hydrogens is 224 g/mol. The largest absolute Gasteiger partial charge is 0.398 e. The van der Waals surface area contributed by atoms with Crippen LogP contribution in [0.3, 0.4) is 0 Å². The Morgan fingerprint density at radius 2 is 1.88 bits per heavy atom. The van der Waals surface area contributed by atoms with E-state index in [4.69, 9.17) is 5.73 Å². The summed E-state index contributed by atoms with van der Waals surface area (Å²) < 4.78 is 25.9. The maximum Gasteiger partial charge on any atom is 0.245 e. The first-order valence-electron chi connectivity index (χ1n) is 5.38. The van der Waals surface area contributed by atoms with Gasteiger partial charge in [0.25, 0.3) is 0 Å². The van der Waals surface area contributed by atoms with Gasteiger partial charge in [-0.05, 0) is 18.6 Å². The highest BCUT2D eigenvalue weighted by molar-refractivity contribution is 7.89. The topological polar surface area (TPSA) is 63.4 Å². The number of benzene rings is 1. The van der Waals surface area contributed by atoms with E-state index in [2.05, 4.69) is 0 Å². The molecule has 16 heavy (non-hydrogen) atoms.